The summed E-state index contributed by atoms with van der Waals surface area (Å²) in [6, 6.07) is 8.28. The summed E-state index contributed by atoms with van der Waals surface area (Å²) >= 11 is 0. The monoisotopic (exact) mass is 434 g/mol. The molecule has 30 heavy (non-hydrogen) atoms. The first-order valence-corrected chi connectivity index (χ1v) is 11.3. The molecule has 0 aromatic heterocycles. The van der Waals surface area contributed by atoms with E-state index in [1.165, 1.54) is 30.3 Å². The molecule has 1 saturated heterocycles. The Hall–Kier alpha value is -2.49. The van der Waals surface area contributed by atoms with Crippen molar-refractivity contribution in [1.82, 2.24) is 10.2 Å². The molecule has 3 rings (SSSR count). The van der Waals surface area contributed by atoms with Gasteiger partial charge in [-0.05, 0) is 56.8 Å². The normalized spacial score (nSPS) is 16.4. The average molecular weight is 435 g/mol. The Morgan fingerprint density at radius 2 is 1.80 bits per heavy atom. The van der Waals surface area contributed by atoms with E-state index in [1.54, 1.807) is 19.9 Å². The summed E-state index contributed by atoms with van der Waals surface area (Å²) in [6.07, 6.45) is 0. The highest BCUT2D eigenvalue weighted by molar-refractivity contribution is 7.89. The zero-order valence-corrected chi connectivity index (χ0v) is 18.2. The quantitative estimate of drug-likeness (QED) is 0.751. The van der Waals surface area contributed by atoms with E-state index in [0.29, 0.717) is 11.1 Å². The van der Waals surface area contributed by atoms with Crippen LogP contribution in [-0.4, -0.2) is 52.5 Å². The number of nitrogens with zero attached hydrogens (tertiary/aromatic N) is 2. The molecule has 7 nitrogen and oxygen atoms in total. The van der Waals surface area contributed by atoms with Crippen LogP contribution in [0.1, 0.15) is 34.5 Å². The fourth-order valence-electron chi connectivity index (χ4n) is 3.58. The molecular weight excluding hydrogens is 407 g/mol. The summed E-state index contributed by atoms with van der Waals surface area (Å²) in [5.74, 6) is -0.824. The summed E-state index contributed by atoms with van der Waals surface area (Å²) in [7, 11) is -1.87. The number of nitrogens with two attached hydrogens (primary N) is 1. The standard InChI is InChI=1S/C21H27FN4O3S/c1-14-4-6-17(30(23,28)29)13-18(14)21(27)24-15(2)19-12-16(22)5-7-20(19)26-10-8-25(3)9-11-26/h4-7,12-13,15H,8-11H2,1-3H3,(H,24,27)(H2,23,28,29). The molecule has 0 bridgehead atoms. The number of amides is 1. The largest absolute Gasteiger partial charge is 0.369 e. The van der Waals surface area contributed by atoms with Crippen LogP contribution in [-0.2, 0) is 10.0 Å². The molecule has 1 heterocycles. The lowest BCUT2D eigenvalue weighted by Crippen LogP contribution is -2.45. The van der Waals surface area contributed by atoms with Crippen LogP contribution in [0.15, 0.2) is 41.3 Å². The summed E-state index contributed by atoms with van der Waals surface area (Å²) in [5.41, 5.74) is 2.39. The topological polar surface area (TPSA) is 95.7 Å². The number of carbonyl (C=O) groups is 1. The smallest absolute Gasteiger partial charge is 0.252 e. The van der Waals surface area contributed by atoms with Gasteiger partial charge in [0.05, 0.1) is 10.9 Å². The van der Waals surface area contributed by atoms with Crippen LogP contribution < -0.4 is 15.4 Å². The molecule has 3 N–H and O–H groups in total. The molecule has 0 radical (unpaired) electrons. The lowest BCUT2D eigenvalue weighted by Gasteiger charge is -2.36. The first kappa shape index (κ1) is 22.2. The number of nitrogens with one attached hydrogen (secondary N) is 1. The number of aryl methyl sites for hydroxylation is 1. The van der Waals surface area contributed by atoms with Gasteiger partial charge in [0.25, 0.3) is 5.91 Å². The van der Waals surface area contributed by atoms with E-state index < -0.39 is 22.0 Å². The van der Waals surface area contributed by atoms with Gasteiger partial charge in [0, 0.05) is 43.0 Å². The zero-order chi connectivity index (χ0) is 22.1. The van der Waals surface area contributed by atoms with E-state index in [1.807, 2.05) is 0 Å². The molecule has 9 heteroatoms. The van der Waals surface area contributed by atoms with Crippen LogP contribution in [0.25, 0.3) is 0 Å². The van der Waals surface area contributed by atoms with Crippen molar-refractivity contribution in [2.45, 2.75) is 24.8 Å². The fourth-order valence-corrected chi connectivity index (χ4v) is 4.12. The van der Waals surface area contributed by atoms with Crippen LogP contribution in [0, 0.1) is 12.7 Å². The van der Waals surface area contributed by atoms with Gasteiger partial charge in [0.1, 0.15) is 5.82 Å². The molecule has 2 aromatic rings. The van der Waals surface area contributed by atoms with Crippen LogP contribution in [0.4, 0.5) is 10.1 Å². The number of anilines is 1. The number of benzene rings is 2. The molecule has 1 atom stereocenters. The molecular formula is C21H27FN4O3S. The predicted octanol–water partition coefficient (Wildman–Crippen LogP) is 2.02. The third-order valence-corrected chi connectivity index (χ3v) is 6.34. The van der Waals surface area contributed by atoms with Gasteiger partial charge in [-0.25, -0.2) is 17.9 Å². The summed E-state index contributed by atoms with van der Waals surface area (Å²) < 4.78 is 37.3. The minimum Gasteiger partial charge on any atom is -0.369 e. The second kappa shape index (κ2) is 8.71. The summed E-state index contributed by atoms with van der Waals surface area (Å²) in [6.45, 7) is 6.92. The first-order valence-electron chi connectivity index (χ1n) is 9.73. The first-order chi connectivity index (χ1) is 14.1. The van der Waals surface area contributed by atoms with E-state index in [0.717, 1.165) is 31.9 Å². The maximum atomic E-state index is 14.0. The van der Waals surface area contributed by atoms with E-state index in [-0.39, 0.29) is 16.3 Å². The van der Waals surface area contributed by atoms with Gasteiger partial charge in [0.15, 0.2) is 0 Å². The van der Waals surface area contributed by atoms with Crippen molar-refractivity contribution in [2.75, 3.05) is 38.1 Å². The molecule has 1 unspecified atom stereocenters. The minimum atomic E-state index is -3.93. The SMILES string of the molecule is Cc1ccc(S(N)(=O)=O)cc1C(=O)NC(C)c1cc(F)ccc1N1CCN(C)CC1. The number of halogens is 1. The Balaban J connectivity index is 1.87. The molecule has 0 saturated carbocycles. The Bertz CT molecular complexity index is 1050. The molecule has 2 aromatic carbocycles. The van der Waals surface area contributed by atoms with Crippen LogP contribution in [0.3, 0.4) is 0 Å². The molecule has 1 aliphatic rings. The number of primary sulfonamides is 1. The van der Waals surface area contributed by atoms with Gasteiger partial charge in [-0.2, -0.15) is 0 Å². The fraction of sp³-hybridized carbons (Fsp3) is 0.381. The van der Waals surface area contributed by atoms with Crippen molar-refractivity contribution in [3.05, 3.63) is 58.9 Å². The lowest BCUT2D eigenvalue weighted by molar-refractivity contribution is 0.0939. The van der Waals surface area contributed by atoms with Crippen LogP contribution in [0.2, 0.25) is 0 Å². The summed E-state index contributed by atoms with van der Waals surface area (Å²) in [5, 5.41) is 8.06. The van der Waals surface area contributed by atoms with Gasteiger partial charge in [-0.3, -0.25) is 4.79 Å². The maximum absolute atomic E-state index is 14.0. The predicted molar refractivity (Wildman–Crippen MR) is 115 cm³/mol. The third kappa shape index (κ3) is 4.97. The Kier molecular flexibility index (Phi) is 6.44. The van der Waals surface area contributed by atoms with Gasteiger partial charge in [-0.15, -0.1) is 0 Å². The van der Waals surface area contributed by atoms with E-state index in [2.05, 4.69) is 22.2 Å². The number of likely N-dealkylation sites (N-methyl/N-ethyl adjacent to an activating group) is 1. The number of piperazine rings is 1. The number of carbonyl (C=O) groups excluding carboxylic acids is 1. The second-order valence-corrected chi connectivity index (χ2v) is 9.27. The third-order valence-electron chi connectivity index (χ3n) is 5.43. The van der Waals surface area contributed by atoms with E-state index >= 15 is 0 Å². The minimum absolute atomic E-state index is 0.130. The second-order valence-electron chi connectivity index (χ2n) is 7.71. The van der Waals surface area contributed by atoms with Crippen molar-refractivity contribution >= 4 is 21.6 Å². The highest BCUT2D eigenvalue weighted by atomic mass is 32.2. The van der Waals surface area contributed by atoms with E-state index in [4.69, 9.17) is 5.14 Å². The molecule has 1 amide bonds. The number of rotatable bonds is 5. The van der Waals surface area contributed by atoms with Gasteiger partial charge < -0.3 is 15.1 Å². The Morgan fingerprint density at radius 1 is 1.13 bits per heavy atom. The van der Waals surface area contributed by atoms with Crippen LogP contribution in [0.5, 0.6) is 0 Å². The van der Waals surface area contributed by atoms with Crippen molar-refractivity contribution in [3.8, 4) is 0 Å². The van der Waals surface area contributed by atoms with Crippen LogP contribution >= 0.6 is 0 Å². The molecule has 0 spiro atoms. The Labute approximate surface area is 176 Å². The van der Waals surface area contributed by atoms with Crippen molar-refractivity contribution in [3.63, 3.8) is 0 Å². The molecule has 162 valence electrons. The number of hydrogen-bond acceptors (Lipinski definition) is 5. The maximum Gasteiger partial charge on any atom is 0.252 e. The molecule has 1 fully saturated rings. The number of sulfonamides is 1. The van der Waals surface area contributed by atoms with Crippen molar-refractivity contribution < 1.29 is 17.6 Å². The van der Waals surface area contributed by atoms with Gasteiger partial charge in [-0.1, -0.05) is 6.07 Å². The number of hydrogen-bond donors (Lipinski definition) is 2. The summed E-state index contributed by atoms with van der Waals surface area (Å²) in [4.78, 5) is 17.2. The van der Waals surface area contributed by atoms with Gasteiger partial charge in [0.2, 0.25) is 10.0 Å². The Morgan fingerprint density at radius 3 is 2.43 bits per heavy atom. The lowest BCUT2D eigenvalue weighted by atomic mass is 10.0. The highest BCUT2D eigenvalue weighted by Crippen LogP contribution is 2.29. The average Bonchev–Trinajstić information content (AvgIpc) is 2.68. The van der Waals surface area contributed by atoms with Gasteiger partial charge >= 0.3 is 0 Å². The molecule has 0 aliphatic carbocycles. The van der Waals surface area contributed by atoms with E-state index in [9.17, 15) is 17.6 Å². The van der Waals surface area contributed by atoms with Crippen molar-refractivity contribution in [2.24, 2.45) is 5.14 Å². The van der Waals surface area contributed by atoms with Crippen molar-refractivity contribution in [1.29, 1.82) is 0 Å². The highest BCUT2D eigenvalue weighted by Gasteiger charge is 2.22. The zero-order valence-electron chi connectivity index (χ0n) is 17.4. The molecule has 1 aliphatic heterocycles.